The van der Waals surface area contributed by atoms with Crippen molar-refractivity contribution in [2.75, 3.05) is 20.3 Å². The summed E-state index contributed by atoms with van der Waals surface area (Å²) in [4.78, 5) is 11.8. The van der Waals surface area contributed by atoms with Crippen molar-refractivity contribution in [1.82, 2.24) is 5.32 Å². The lowest BCUT2D eigenvalue weighted by atomic mass is 9.86. The molecule has 1 amide bonds. The van der Waals surface area contributed by atoms with Crippen LogP contribution in [0.2, 0.25) is 0 Å². The van der Waals surface area contributed by atoms with Gasteiger partial charge in [0.1, 0.15) is 11.6 Å². The Morgan fingerprint density at radius 1 is 1.33 bits per heavy atom. The van der Waals surface area contributed by atoms with Gasteiger partial charge in [0.15, 0.2) is 0 Å². The zero-order valence-electron chi connectivity index (χ0n) is 13.1. The average molecular weight is 286 g/mol. The van der Waals surface area contributed by atoms with E-state index in [1.165, 1.54) is 5.56 Å². The molecule has 0 fully saturated rings. The Morgan fingerprint density at radius 2 is 1.95 bits per heavy atom. The first-order valence-corrected chi connectivity index (χ1v) is 6.88. The molecule has 1 aromatic rings. The van der Waals surface area contributed by atoms with Crippen molar-refractivity contribution in [3.05, 3.63) is 41.0 Å². The Balaban J connectivity index is 2.84. The minimum Gasteiger partial charge on any atom is -0.383 e. The van der Waals surface area contributed by atoms with Crippen LogP contribution in [0.4, 0.5) is 0 Å². The molecule has 0 radical (unpaired) electrons. The SMILES string of the molecule is COCCNC(=O)/C(C#N)=C/c1ccc(C(C)(C)C)cc1. The van der Waals surface area contributed by atoms with E-state index in [1.54, 1.807) is 13.2 Å². The highest BCUT2D eigenvalue weighted by atomic mass is 16.5. The number of nitrogens with one attached hydrogen (secondary N) is 1. The van der Waals surface area contributed by atoms with Crippen molar-refractivity contribution in [2.24, 2.45) is 0 Å². The number of benzene rings is 1. The van der Waals surface area contributed by atoms with Crippen LogP contribution in [0.1, 0.15) is 31.9 Å². The molecule has 0 heterocycles. The van der Waals surface area contributed by atoms with E-state index in [1.807, 2.05) is 30.3 Å². The number of nitriles is 1. The van der Waals surface area contributed by atoms with E-state index >= 15 is 0 Å². The van der Waals surface area contributed by atoms with E-state index in [2.05, 4.69) is 26.1 Å². The molecule has 0 bridgehead atoms. The van der Waals surface area contributed by atoms with Crippen LogP contribution in [0, 0.1) is 11.3 Å². The number of carbonyl (C=O) groups excluding carboxylic acids is 1. The lowest BCUT2D eigenvalue weighted by molar-refractivity contribution is -0.117. The minimum absolute atomic E-state index is 0.0812. The molecule has 0 aromatic heterocycles. The Kier molecular flexibility index (Phi) is 6.13. The number of amides is 1. The number of ether oxygens (including phenoxy) is 1. The van der Waals surface area contributed by atoms with Crippen molar-refractivity contribution in [1.29, 1.82) is 5.26 Å². The first-order chi connectivity index (χ1) is 9.88. The van der Waals surface area contributed by atoms with Crippen LogP contribution in [-0.4, -0.2) is 26.2 Å². The van der Waals surface area contributed by atoms with Crippen LogP contribution in [0.25, 0.3) is 6.08 Å². The van der Waals surface area contributed by atoms with Crippen LogP contribution in [0.3, 0.4) is 0 Å². The normalized spacial score (nSPS) is 11.9. The molecule has 112 valence electrons. The van der Waals surface area contributed by atoms with Crippen LogP contribution in [0.15, 0.2) is 29.8 Å². The van der Waals surface area contributed by atoms with E-state index in [0.717, 1.165) is 5.56 Å². The predicted octanol–water partition coefficient (Wildman–Crippen LogP) is 2.65. The first-order valence-electron chi connectivity index (χ1n) is 6.88. The van der Waals surface area contributed by atoms with Crippen molar-refractivity contribution < 1.29 is 9.53 Å². The van der Waals surface area contributed by atoms with Crippen LogP contribution >= 0.6 is 0 Å². The van der Waals surface area contributed by atoms with E-state index in [-0.39, 0.29) is 16.9 Å². The molecule has 1 aromatic carbocycles. The lowest BCUT2D eigenvalue weighted by Crippen LogP contribution is -2.27. The van der Waals surface area contributed by atoms with Gasteiger partial charge >= 0.3 is 0 Å². The lowest BCUT2D eigenvalue weighted by Gasteiger charge is -2.18. The summed E-state index contributed by atoms with van der Waals surface area (Å²) >= 11 is 0. The minimum atomic E-state index is -0.380. The van der Waals surface area contributed by atoms with Gasteiger partial charge in [0.05, 0.1) is 6.61 Å². The monoisotopic (exact) mass is 286 g/mol. The third kappa shape index (κ3) is 5.41. The maximum absolute atomic E-state index is 11.8. The van der Waals surface area contributed by atoms with Crippen molar-refractivity contribution in [2.45, 2.75) is 26.2 Å². The van der Waals surface area contributed by atoms with Crippen molar-refractivity contribution in [3.8, 4) is 6.07 Å². The summed E-state index contributed by atoms with van der Waals surface area (Å²) in [5, 5.41) is 11.7. The molecule has 4 nitrogen and oxygen atoms in total. The second-order valence-electron chi connectivity index (χ2n) is 5.79. The third-order valence-electron chi connectivity index (χ3n) is 3.04. The fourth-order valence-corrected chi connectivity index (χ4v) is 1.76. The number of nitrogens with zero attached hydrogens (tertiary/aromatic N) is 1. The Morgan fingerprint density at radius 3 is 2.43 bits per heavy atom. The summed E-state index contributed by atoms with van der Waals surface area (Å²) in [5.41, 5.74) is 2.22. The van der Waals surface area contributed by atoms with E-state index in [4.69, 9.17) is 10.00 Å². The highest BCUT2D eigenvalue weighted by Gasteiger charge is 2.13. The number of carbonyl (C=O) groups is 1. The molecule has 0 aliphatic heterocycles. The van der Waals surface area contributed by atoms with Gasteiger partial charge in [0.2, 0.25) is 0 Å². The molecule has 0 aliphatic rings. The highest BCUT2D eigenvalue weighted by molar-refractivity contribution is 6.01. The molecule has 4 heteroatoms. The molecule has 0 spiro atoms. The number of hydrogen-bond donors (Lipinski definition) is 1. The molecule has 0 unspecified atom stereocenters. The Bertz CT molecular complexity index is 546. The largest absolute Gasteiger partial charge is 0.383 e. The number of hydrogen-bond acceptors (Lipinski definition) is 3. The number of methoxy groups -OCH3 is 1. The van der Waals surface area contributed by atoms with Crippen LogP contribution in [-0.2, 0) is 14.9 Å². The van der Waals surface area contributed by atoms with Crippen molar-refractivity contribution >= 4 is 12.0 Å². The standard InChI is InChI=1S/C17H22N2O2/c1-17(2,3)15-7-5-13(6-8-15)11-14(12-18)16(20)19-9-10-21-4/h5-8,11H,9-10H2,1-4H3,(H,19,20)/b14-11+. The summed E-state index contributed by atoms with van der Waals surface area (Å²) in [6.45, 7) is 7.23. The molecule has 1 rings (SSSR count). The first kappa shape index (κ1) is 16.9. The summed E-state index contributed by atoms with van der Waals surface area (Å²) in [5.74, 6) is -0.380. The molecule has 0 saturated heterocycles. The van der Waals surface area contributed by atoms with E-state index < -0.39 is 0 Å². The van der Waals surface area contributed by atoms with E-state index in [0.29, 0.717) is 13.2 Å². The molecule has 1 N–H and O–H groups in total. The predicted molar refractivity (Wildman–Crippen MR) is 83.6 cm³/mol. The van der Waals surface area contributed by atoms with E-state index in [9.17, 15) is 4.79 Å². The molecule has 0 saturated carbocycles. The molecule has 0 atom stereocenters. The van der Waals surface area contributed by atoms with Gasteiger partial charge < -0.3 is 10.1 Å². The maximum atomic E-state index is 11.8. The maximum Gasteiger partial charge on any atom is 0.262 e. The van der Waals surface area contributed by atoms with Crippen LogP contribution in [0.5, 0.6) is 0 Å². The second kappa shape index (κ2) is 7.61. The summed E-state index contributed by atoms with van der Waals surface area (Å²) < 4.78 is 4.85. The smallest absolute Gasteiger partial charge is 0.262 e. The van der Waals surface area contributed by atoms with Gasteiger partial charge in [-0.1, -0.05) is 45.0 Å². The van der Waals surface area contributed by atoms with Gasteiger partial charge in [-0.25, -0.2) is 0 Å². The van der Waals surface area contributed by atoms with Gasteiger partial charge in [-0.05, 0) is 22.6 Å². The van der Waals surface area contributed by atoms with Crippen LogP contribution < -0.4 is 5.32 Å². The summed E-state index contributed by atoms with van der Waals surface area (Å²) in [6.07, 6.45) is 1.59. The van der Waals surface area contributed by atoms with Gasteiger partial charge in [-0.3, -0.25) is 4.79 Å². The molecule has 0 aliphatic carbocycles. The molecular formula is C17H22N2O2. The third-order valence-corrected chi connectivity index (χ3v) is 3.04. The second-order valence-corrected chi connectivity index (χ2v) is 5.79. The Labute approximate surface area is 126 Å². The Hall–Kier alpha value is -2.12. The quantitative estimate of drug-likeness (QED) is 0.514. The average Bonchev–Trinajstić information content (AvgIpc) is 2.44. The summed E-state index contributed by atoms with van der Waals surface area (Å²) in [7, 11) is 1.56. The molecule has 21 heavy (non-hydrogen) atoms. The fourth-order valence-electron chi connectivity index (χ4n) is 1.76. The highest BCUT2D eigenvalue weighted by Crippen LogP contribution is 2.22. The van der Waals surface area contributed by atoms with Gasteiger partial charge in [-0.2, -0.15) is 5.26 Å². The van der Waals surface area contributed by atoms with Gasteiger partial charge in [0, 0.05) is 13.7 Å². The van der Waals surface area contributed by atoms with Crippen molar-refractivity contribution in [3.63, 3.8) is 0 Å². The van der Waals surface area contributed by atoms with Gasteiger partial charge in [-0.15, -0.1) is 0 Å². The van der Waals surface area contributed by atoms with Gasteiger partial charge in [0.25, 0.3) is 5.91 Å². The number of rotatable bonds is 5. The topological polar surface area (TPSA) is 62.1 Å². The fraction of sp³-hybridized carbons (Fsp3) is 0.412. The molecular weight excluding hydrogens is 264 g/mol. The zero-order chi connectivity index (χ0) is 15.9. The summed E-state index contributed by atoms with van der Waals surface area (Å²) in [6, 6.07) is 9.80. The zero-order valence-corrected chi connectivity index (χ0v) is 13.1.